The summed E-state index contributed by atoms with van der Waals surface area (Å²) in [6.07, 6.45) is 0. The van der Waals surface area contributed by atoms with Gasteiger partial charge in [0, 0.05) is 6.61 Å². The first-order valence-corrected chi connectivity index (χ1v) is 10.5. The number of hydrogen-bond acceptors (Lipinski definition) is 9. The van der Waals surface area contributed by atoms with Crippen molar-refractivity contribution in [2.24, 2.45) is 0 Å². The van der Waals surface area contributed by atoms with Crippen LogP contribution < -0.4 is 0 Å². The Labute approximate surface area is 181 Å². The number of rotatable bonds is 26. The maximum absolute atomic E-state index is 5.42. The Kier molecular flexibility index (Phi) is 25.6. The maximum Gasteiger partial charge on any atom is 0.111 e. The summed E-state index contributed by atoms with van der Waals surface area (Å²) in [5.74, 6) is 0.693. The average molecular weight is 438 g/mol. The van der Waals surface area contributed by atoms with Crippen molar-refractivity contribution in [1.29, 1.82) is 0 Å². The molecular formula is C21H41O9. The van der Waals surface area contributed by atoms with Crippen LogP contribution in [0, 0.1) is 6.92 Å². The molecule has 0 amide bonds. The first-order chi connectivity index (χ1) is 14.8. The summed E-state index contributed by atoms with van der Waals surface area (Å²) in [4.78, 5) is 0. The molecular weight excluding hydrogens is 396 g/mol. The second-order valence-electron chi connectivity index (χ2n) is 5.95. The van der Waals surface area contributed by atoms with E-state index < -0.39 is 0 Å². The summed E-state index contributed by atoms with van der Waals surface area (Å²) in [7, 11) is 0. The molecule has 1 radical (unpaired) electrons. The van der Waals surface area contributed by atoms with E-state index in [1.54, 1.807) is 0 Å². The van der Waals surface area contributed by atoms with E-state index in [4.69, 9.17) is 42.6 Å². The molecule has 0 rings (SSSR count). The molecule has 0 saturated carbocycles. The van der Waals surface area contributed by atoms with Crippen LogP contribution in [0.1, 0.15) is 6.92 Å². The minimum Gasteiger partial charge on any atom is -0.496 e. The third-order valence-corrected chi connectivity index (χ3v) is 3.32. The smallest absolute Gasteiger partial charge is 0.111 e. The van der Waals surface area contributed by atoms with Crippen molar-refractivity contribution in [1.82, 2.24) is 0 Å². The van der Waals surface area contributed by atoms with Gasteiger partial charge in [-0.3, -0.25) is 0 Å². The lowest BCUT2D eigenvalue weighted by Gasteiger charge is -2.09. The van der Waals surface area contributed by atoms with Gasteiger partial charge >= 0.3 is 0 Å². The van der Waals surface area contributed by atoms with Crippen LogP contribution in [0.25, 0.3) is 0 Å². The summed E-state index contributed by atoms with van der Waals surface area (Å²) in [5, 5.41) is 0. The molecule has 0 bridgehead atoms. The molecule has 0 aromatic heterocycles. The van der Waals surface area contributed by atoms with Crippen LogP contribution in [0.3, 0.4) is 0 Å². The van der Waals surface area contributed by atoms with Gasteiger partial charge in [-0.2, -0.15) is 0 Å². The summed E-state index contributed by atoms with van der Waals surface area (Å²) in [6, 6.07) is 0. The van der Waals surface area contributed by atoms with Gasteiger partial charge in [0.25, 0.3) is 0 Å². The van der Waals surface area contributed by atoms with Gasteiger partial charge < -0.3 is 42.6 Å². The SMILES string of the molecule is [CH2]COCCOCCOCCOCCOCCOCCOCCOCCOC(=C)C. The van der Waals surface area contributed by atoms with Gasteiger partial charge in [-0.15, -0.1) is 0 Å². The molecule has 0 atom stereocenters. The van der Waals surface area contributed by atoms with E-state index in [0.717, 1.165) is 0 Å². The van der Waals surface area contributed by atoms with Gasteiger partial charge in [0.05, 0.1) is 105 Å². The van der Waals surface area contributed by atoms with Gasteiger partial charge in [-0.25, -0.2) is 0 Å². The fraction of sp³-hybridized carbons (Fsp3) is 0.857. The molecule has 0 aliphatic carbocycles. The topological polar surface area (TPSA) is 83.1 Å². The molecule has 0 spiro atoms. The van der Waals surface area contributed by atoms with Crippen LogP contribution in [0.2, 0.25) is 0 Å². The lowest BCUT2D eigenvalue weighted by atomic mass is 10.6. The molecule has 0 aliphatic rings. The minimum atomic E-state index is 0.466. The minimum absolute atomic E-state index is 0.466. The molecule has 0 heterocycles. The molecule has 179 valence electrons. The van der Waals surface area contributed by atoms with E-state index in [2.05, 4.69) is 13.5 Å². The molecule has 30 heavy (non-hydrogen) atoms. The van der Waals surface area contributed by atoms with Crippen molar-refractivity contribution >= 4 is 0 Å². The van der Waals surface area contributed by atoms with Gasteiger partial charge in [0.15, 0.2) is 0 Å². The highest BCUT2D eigenvalue weighted by Crippen LogP contribution is 1.89. The number of allylic oxidation sites excluding steroid dienone is 1. The lowest BCUT2D eigenvalue weighted by molar-refractivity contribution is -0.0237. The highest BCUT2D eigenvalue weighted by Gasteiger charge is 1.95. The predicted octanol–water partition coefficient (Wildman–Crippen LogP) is 1.50. The van der Waals surface area contributed by atoms with Crippen molar-refractivity contribution in [2.45, 2.75) is 6.92 Å². The van der Waals surface area contributed by atoms with Crippen LogP contribution in [0.4, 0.5) is 0 Å². The molecule has 0 aliphatic heterocycles. The zero-order chi connectivity index (χ0) is 22.0. The van der Waals surface area contributed by atoms with Crippen molar-refractivity contribution in [3.05, 3.63) is 19.3 Å². The van der Waals surface area contributed by atoms with Crippen LogP contribution in [-0.4, -0.2) is 112 Å². The summed E-state index contributed by atoms with van der Waals surface area (Å²) < 4.78 is 47.9. The fourth-order valence-electron chi connectivity index (χ4n) is 1.92. The largest absolute Gasteiger partial charge is 0.496 e. The Morgan fingerprint density at radius 1 is 0.433 bits per heavy atom. The van der Waals surface area contributed by atoms with E-state index in [-0.39, 0.29) is 0 Å². The molecule has 0 unspecified atom stereocenters. The molecule has 0 N–H and O–H groups in total. The zero-order valence-electron chi connectivity index (χ0n) is 18.6. The maximum atomic E-state index is 5.42. The predicted molar refractivity (Wildman–Crippen MR) is 113 cm³/mol. The average Bonchev–Trinajstić information content (AvgIpc) is 2.73. The molecule has 0 saturated heterocycles. The first kappa shape index (κ1) is 29.2. The fourth-order valence-corrected chi connectivity index (χ4v) is 1.92. The Morgan fingerprint density at radius 3 is 0.900 bits per heavy atom. The molecule has 9 heteroatoms. The second kappa shape index (κ2) is 26.3. The summed E-state index contributed by atoms with van der Waals surface area (Å²) in [6.45, 7) is 18.1. The third kappa shape index (κ3) is 27.2. The van der Waals surface area contributed by atoms with Crippen LogP contribution in [0.5, 0.6) is 0 Å². The highest BCUT2D eigenvalue weighted by atomic mass is 16.6. The van der Waals surface area contributed by atoms with Crippen LogP contribution in [0.15, 0.2) is 12.3 Å². The zero-order valence-corrected chi connectivity index (χ0v) is 18.6. The number of ether oxygens (including phenoxy) is 9. The van der Waals surface area contributed by atoms with E-state index >= 15 is 0 Å². The molecule has 0 aromatic rings. The molecule has 0 aromatic carbocycles. The number of hydrogen-bond donors (Lipinski definition) is 0. The van der Waals surface area contributed by atoms with E-state index in [0.29, 0.717) is 118 Å². The van der Waals surface area contributed by atoms with Crippen molar-refractivity contribution < 1.29 is 42.6 Å². The molecule has 9 nitrogen and oxygen atoms in total. The third-order valence-electron chi connectivity index (χ3n) is 3.32. The monoisotopic (exact) mass is 437 g/mol. The van der Waals surface area contributed by atoms with Crippen LogP contribution >= 0.6 is 0 Å². The van der Waals surface area contributed by atoms with Gasteiger partial charge in [-0.05, 0) is 13.8 Å². The summed E-state index contributed by atoms with van der Waals surface area (Å²) >= 11 is 0. The Balaban J connectivity index is 2.99. The Morgan fingerprint density at radius 2 is 0.667 bits per heavy atom. The molecule has 0 fully saturated rings. The van der Waals surface area contributed by atoms with Crippen molar-refractivity contribution in [2.75, 3.05) is 112 Å². The van der Waals surface area contributed by atoms with Crippen molar-refractivity contribution in [3.63, 3.8) is 0 Å². The lowest BCUT2D eigenvalue weighted by Crippen LogP contribution is -2.15. The van der Waals surface area contributed by atoms with E-state index in [1.165, 1.54) is 0 Å². The normalized spacial score (nSPS) is 11.1. The van der Waals surface area contributed by atoms with E-state index in [9.17, 15) is 0 Å². The standard InChI is InChI=1S/C21H41O9/c1-4-22-5-6-23-7-8-24-9-10-25-11-12-26-13-14-27-15-16-28-17-18-29-19-20-30-21(2)3/h1-2,4-20H2,3H3. The van der Waals surface area contributed by atoms with Crippen molar-refractivity contribution in [3.8, 4) is 0 Å². The van der Waals surface area contributed by atoms with Crippen LogP contribution in [-0.2, 0) is 42.6 Å². The second-order valence-corrected chi connectivity index (χ2v) is 5.95. The quantitative estimate of drug-likeness (QED) is 0.148. The van der Waals surface area contributed by atoms with Gasteiger partial charge in [-0.1, -0.05) is 6.58 Å². The van der Waals surface area contributed by atoms with Gasteiger partial charge in [0.2, 0.25) is 0 Å². The van der Waals surface area contributed by atoms with Gasteiger partial charge in [0.1, 0.15) is 6.61 Å². The first-order valence-electron chi connectivity index (χ1n) is 10.5. The highest BCUT2D eigenvalue weighted by molar-refractivity contribution is 4.72. The van der Waals surface area contributed by atoms with E-state index in [1.807, 2.05) is 6.92 Å². The Hall–Kier alpha value is -0.780. The Bertz CT molecular complexity index is 342. The summed E-state index contributed by atoms with van der Waals surface area (Å²) in [5.41, 5.74) is 0.